The summed E-state index contributed by atoms with van der Waals surface area (Å²) in [6.07, 6.45) is 6.84. The van der Waals surface area contributed by atoms with Crippen molar-refractivity contribution in [3.63, 3.8) is 0 Å². The first kappa shape index (κ1) is 20.4. The van der Waals surface area contributed by atoms with Crippen molar-refractivity contribution in [2.45, 2.75) is 71.3 Å². The van der Waals surface area contributed by atoms with Crippen LogP contribution in [-0.2, 0) is 14.3 Å². The number of esters is 2. The summed E-state index contributed by atoms with van der Waals surface area (Å²) in [5.41, 5.74) is 0. The monoisotopic (exact) mass is 268 g/mol. The molecule has 0 aromatic rings. The van der Waals surface area contributed by atoms with E-state index in [1.165, 1.54) is 32.6 Å². The number of rotatable bonds is 9. The molecule has 4 nitrogen and oxygen atoms in total. The van der Waals surface area contributed by atoms with E-state index in [4.69, 9.17) is 5.11 Å². The summed E-state index contributed by atoms with van der Waals surface area (Å²) < 4.78 is 4.43. The Morgan fingerprint density at radius 1 is 1.06 bits per heavy atom. The van der Waals surface area contributed by atoms with Gasteiger partial charge >= 0.3 is 41.5 Å². The molecule has 0 amide bonds. The summed E-state index contributed by atoms with van der Waals surface area (Å²) in [7, 11) is 0. The number of carbonyl (C=O) groups excluding carboxylic acids is 2. The molecule has 0 bridgehead atoms. The molecule has 0 rings (SSSR count). The van der Waals surface area contributed by atoms with Crippen LogP contribution in [0.3, 0.4) is 0 Å². The molecule has 0 aromatic heterocycles. The Labute approximate surface area is 132 Å². The van der Waals surface area contributed by atoms with Gasteiger partial charge in [-0.25, -0.2) is 4.79 Å². The van der Waals surface area contributed by atoms with E-state index in [-0.39, 0.29) is 36.0 Å². The van der Waals surface area contributed by atoms with E-state index in [0.717, 1.165) is 19.3 Å². The van der Waals surface area contributed by atoms with Gasteiger partial charge in [-0.3, -0.25) is 4.79 Å². The Hall–Kier alpha value is 0.1000. The van der Waals surface area contributed by atoms with Crippen LogP contribution in [0.5, 0.6) is 0 Å². The predicted octanol–water partition coefficient (Wildman–Crippen LogP) is 1.93. The third kappa shape index (κ3) is 12.6. The van der Waals surface area contributed by atoms with E-state index >= 15 is 0 Å². The Morgan fingerprint density at radius 3 is 2.06 bits per heavy atom. The van der Waals surface area contributed by atoms with Gasteiger partial charge in [0.05, 0.1) is 0 Å². The van der Waals surface area contributed by atoms with Crippen molar-refractivity contribution in [1.82, 2.24) is 0 Å². The predicted molar refractivity (Wildman–Crippen MR) is 72.5 cm³/mol. The molecular weight excluding hydrogens is 243 g/mol. The third-order valence-corrected chi connectivity index (χ3v) is 2.54. The fourth-order valence-electron chi connectivity index (χ4n) is 1.47. The average Bonchev–Trinajstić information content (AvgIpc) is 2.27. The van der Waals surface area contributed by atoms with Gasteiger partial charge in [0.15, 0.2) is 0 Å². The minimum atomic E-state index is -1.23. The molecular formula is C13H25NaO4. The Morgan fingerprint density at radius 2 is 1.56 bits per heavy atom. The van der Waals surface area contributed by atoms with Crippen LogP contribution in [0.1, 0.15) is 65.2 Å². The number of aliphatic hydroxyl groups excluding tert-OH is 1. The third-order valence-electron chi connectivity index (χ3n) is 2.54. The molecule has 1 N–H and O–H groups in total. The number of aliphatic hydroxyl groups is 1. The molecule has 1 atom stereocenters. The van der Waals surface area contributed by atoms with Crippen molar-refractivity contribution in [2.75, 3.05) is 0 Å². The first-order valence-corrected chi connectivity index (χ1v) is 6.50. The van der Waals surface area contributed by atoms with Gasteiger partial charge in [0.1, 0.15) is 6.10 Å². The van der Waals surface area contributed by atoms with Crippen LogP contribution < -0.4 is 0 Å². The number of ether oxygens (including phenoxy) is 1. The molecule has 0 aliphatic heterocycles. The number of carbonyl (C=O) groups is 2. The zero-order valence-corrected chi connectivity index (χ0v) is 10.9. The molecule has 1 unspecified atom stereocenters. The second-order valence-electron chi connectivity index (χ2n) is 4.34. The number of unbranched alkanes of at least 4 members (excludes halogenated alkanes) is 6. The van der Waals surface area contributed by atoms with Crippen molar-refractivity contribution in [2.24, 2.45) is 0 Å². The average molecular weight is 268 g/mol. The molecule has 5 heteroatoms. The van der Waals surface area contributed by atoms with E-state index < -0.39 is 18.0 Å². The van der Waals surface area contributed by atoms with Crippen LogP contribution in [0.15, 0.2) is 0 Å². The van der Waals surface area contributed by atoms with Gasteiger partial charge in [-0.15, -0.1) is 0 Å². The van der Waals surface area contributed by atoms with Crippen molar-refractivity contribution >= 4 is 41.5 Å². The Balaban J connectivity index is 0. The van der Waals surface area contributed by atoms with Crippen LogP contribution in [0.2, 0.25) is 0 Å². The summed E-state index contributed by atoms with van der Waals surface area (Å²) in [5.74, 6) is -1.40. The fourth-order valence-corrected chi connectivity index (χ4v) is 1.47. The van der Waals surface area contributed by atoms with E-state index in [2.05, 4.69) is 11.7 Å². The van der Waals surface area contributed by atoms with Gasteiger partial charge in [0.25, 0.3) is 0 Å². The number of hydrogen-bond donors (Lipinski definition) is 1. The van der Waals surface area contributed by atoms with Crippen molar-refractivity contribution in [3.05, 3.63) is 0 Å². The van der Waals surface area contributed by atoms with Crippen LogP contribution in [-0.4, -0.2) is 52.7 Å². The summed E-state index contributed by atoms with van der Waals surface area (Å²) in [6.45, 7) is 3.46. The zero-order chi connectivity index (χ0) is 13.1. The molecule has 102 valence electrons. The second kappa shape index (κ2) is 13.5. The second-order valence-corrected chi connectivity index (χ2v) is 4.34. The first-order chi connectivity index (χ1) is 8.07. The normalized spacial score (nSPS) is 11.5. The van der Waals surface area contributed by atoms with E-state index in [0.29, 0.717) is 0 Å². The van der Waals surface area contributed by atoms with Gasteiger partial charge in [-0.05, 0) is 13.3 Å². The van der Waals surface area contributed by atoms with Crippen molar-refractivity contribution in [3.8, 4) is 0 Å². The van der Waals surface area contributed by atoms with Crippen molar-refractivity contribution < 1.29 is 19.4 Å². The van der Waals surface area contributed by atoms with Crippen molar-refractivity contribution in [1.29, 1.82) is 0 Å². The molecule has 0 saturated heterocycles. The summed E-state index contributed by atoms with van der Waals surface area (Å²) >= 11 is 0. The van der Waals surface area contributed by atoms with E-state index in [1.807, 2.05) is 0 Å². The van der Waals surface area contributed by atoms with Gasteiger partial charge in [0.2, 0.25) is 0 Å². The van der Waals surface area contributed by atoms with E-state index in [9.17, 15) is 9.59 Å². The summed E-state index contributed by atoms with van der Waals surface area (Å²) in [4.78, 5) is 22.0. The number of hydrogen-bond acceptors (Lipinski definition) is 4. The molecule has 0 aliphatic rings. The van der Waals surface area contributed by atoms with Crippen LogP contribution >= 0.6 is 0 Å². The van der Waals surface area contributed by atoms with Gasteiger partial charge in [0, 0.05) is 6.42 Å². The maximum absolute atomic E-state index is 11.1. The summed E-state index contributed by atoms with van der Waals surface area (Å²) in [6, 6.07) is 0. The maximum atomic E-state index is 11.1. The SMILES string of the molecule is CCCCCCCCCC(=O)OC(=O)C(C)O.[NaH]. The Bertz CT molecular complexity index is 229. The molecule has 0 saturated carbocycles. The minimum absolute atomic E-state index is 0. The molecule has 18 heavy (non-hydrogen) atoms. The van der Waals surface area contributed by atoms with E-state index in [1.54, 1.807) is 0 Å². The fraction of sp³-hybridized carbons (Fsp3) is 0.846. The molecule has 0 aromatic carbocycles. The Kier molecular flexibility index (Phi) is 15.3. The molecule has 0 spiro atoms. The van der Waals surface area contributed by atoms with Crippen LogP contribution in [0.25, 0.3) is 0 Å². The topological polar surface area (TPSA) is 63.6 Å². The zero-order valence-electron chi connectivity index (χ0n) is 10.9. The quantitative estimate of drug-likeness (QED) is 0.300. The molecule has 0 aliphatic carbocycles. The first-order valence-electron chi connectivity index (χ1n) is 6.50. The van der Waals surface area contributed by atoms with Crippen LogP contribution in [0.4, 0.5) is 0 Å². The molecule has 0 heterocycles. The molecule has 0 radical (unpaired) electrons. The van der Waals surface area contributed by atoms with Gasteiger partial charge < -0.3 is 9.84 Å². The molecule has 0 fully saturated rings. The van der Waals surface area contributed by atoms with Gasteiger partial charge in [-0.2, -0.15) is 0 Å². The standard InChI is InChI=1S/C13H24O4.Na.H/c1-3-4-5-6-7-8-9-10-12(15)17-13(16)11(2)14;;/h11,14H,3-10H2,1-2H3;;. The van der Waals surface area contributed by atoms with Crippen LogP contribution in [0, 0.1) is 0 Å². The summed E-state index contributed by atoms with van der Waals surface area (Å²) in [5, 5.41) is 8.84. The van der Waals surface area contributed by atoms with Gasteiger partial charge in [-0.1, -0.05) is 45.4 Å².